The molecule has 7 heteroatoms. The predicted molar refractivity (Wildman–Crippen MR) is 104 cm³/mol. The Balaban J connectivity index is 1.58. The third-order valence-corrected chi connectivity index (χ3v) is 5.44. The molecule has 0 saturated carbocycles. The molecule has 0 spiro atoms. The summed E-state index contributed by atoms with van der Waals surface area (Å²) in [5, 5.41) is 2.83. The van der Waals surface area contributed by atoms with E-state index >= 15 is 0 Å². The van der Waals surface area contributed by atoms with E-state index in [1.54, 1.807) is 0 Å². The normalized spacial score (nSPS) is 20.9. The number of imide groups is 1. The molecular weight excluding hydrogens is 358 g/mol. The van der Waals surface area contributed by atoms with Crippen LogP contribution in [0.1, 0.15) is 24.0 Å². The molecule has 7 nitrogen and oxygen atoms in total. The van der Waals surface area contributed by atoms with Gasteiger partial charge in [-0.3, -0.25) is 24.1 Å². The summed E-state index contributed by atoms with van der Waals surface area (Å²) in [6.45, 7) is 3.32. The highest BCUT2D eigenvalue weighted by Gasteiger charge is 2.47. The molecule has 1 heterocycles. The number of benzene rings is 1. The first-order valence-electron chi connectivity index (χ1n) is 9.40. The molecule has 1 saturated heterocycles. The van der Waals surface area contributed by atoms with Crippen molar-refractivity contribution in [2.45, 2.75) is 26.7 Å². The molecule has 1 aliphatic carbocycles. The van der Waals surface area contributed by atoms with E-state index in [0.717, 1.165) is 21.7 Å². The van der Waals surface area contributed by atoms with Gasteiger partial charge in [0.1, 0.15) is 6.54 Å². The van der Waals surface area contributed by atoms with Gasteiger partial charge in [-0.05, 0) is 37.8 Å². The number of carbonyl (C=O) groups excluding carboxylic acids is 4. The molecule has 4 amide bonds. The number of likely N-dealkylation sites (N-methyl/N-ethyl adjacent to an activating group) is 1. The molecule has 0 aromatic heterocycles. The van der Waals surface area contributed by atoms with E-state index < -0.39 is 5.91 Å². The standard InChI is InChI=1S/C21H25N3O4/c1-13-7-6-8-14(2)19(13)22-17(25)11-23(3)18(26)12-24-20(27)15-9-4-5-10-16(15)21(24)28/h4-8,15-16H,9-12H2,1-3H3,(H,22,25)/t15-,16+. The van der Waals surface area contributed by atoms with Crippen molar-refractivity contribution in [3.05, 3.63) is 41.5 Å². The molecule has 1 N–H and O–H groups in total. The first-order valence-corrected chi connectivity index (χ1v) is 9.40. The number of nitrogens with one attached hydrogen (secondary N) is 1. The number of rotatable bonds is 5. The van der Waals surface area contributed by atoms with Crippen molar-refractivity contribution in [1.29, 1.82) is 0 Å². The smallest absolute Gasteiger partial charge is 0.243 e. The Morgan fingerprint density at radius 1 is 1.07 bits per heavy atom. The second kappa shape index (κ2) is 7.96. The molecule has 2 atom stereocenters. The molecule has 148 valence electrons. The summed E-state index contributed by atoms with van der Waals surface area (Å²) >= 11 is 0. The summed E-state index contributed by atoms with van der Waals surface area (Å²) in [4.78, 5) is 52.1. The molecule has 0 unspecified atom stereocenters. The van der Waals surface area contributed by atoms with E-state index in [2.05, 4.69) is 5.32 Å². The van der Waals surface area contributed by atoms with Gasteiger partial charge in [0, 0.05) is 12.7 Å². The Morgan fingerprint density at radius 2 is 1.61 bits per heavy atom. The van der Waals surface area contributed by atoms with Crippen LogP contribution < -0.4 is 5.32 Å². The number of allylic oxidation sites excluding steroid dienone is 2. The van der Waals surface area contributed by atoms with Crippen molar-refractivity contribution < 1.29 is 19.2 Å². The maximum atomic E-state index is 12.5. The fraction of sp³-hybridized carbons (Fsp3) is 0.429. The molecule has 0 radical (unpaired) electrons. The van der Waals surface area contributed by atoms with E-state index in [1.807, 2.05) is 44.2 Å². The van der Waals surface area contributed by atoms with Crippen LogP contribution in [0.25, 0.3) is 0 Å². The molecule has 2 aliphatic rings. The van der Waals surface area contributed by atoms with Gasteiger partial charge in [0.25, 0.3) is 0 Å². The van der Waals surface area contributed by atoms with Gasteiger partial charge < -0.3 is 10.2 Å². The largest absolute Gasteiger partial charge is 0.335 e. The number of likely N-dealkylation sites (tertiary alicyclic amines) is 1. The summed E-state index contributed by atoms with van der Waals surface area (Å²) in [5.41, 5.74) is 2.61. The van der Waals surface area contributed by atoms with Crippen molar-refractivity contribution in [1.82, 2.24) is 9.80 Å². The molecule has 1 aromatic carbocycles. The molecular formula is C21H25N3O4. The van der Waals surface area contributed by atoms with Gasteiger partial charge in [0.05, 0.1) is 18.4 Å². The first-order chi connectivity index (χ1) is 13.3. The van der Waals surface area contributed by atoms with E-state index in [-0.39, 0.29) is 42.6 Å². The van der Waals surface area contributed by atoms with E-state index in [4.69, 9.17) is 0 Å². The molecule has 1 fully saturated rings. The summed E-state index contributed by atoms with van der Waals surface area (Å²) in [7, 11) is 1.49. The molecule has 1 aliphatic heterocycles. The number of aryl methyl sites for hydroxylation is 2. The zero-order valence-electron chi connectivity index (χ0n) is 16.4. The second-order valence-electron chi connectivity index (χ2n) is 7.48. The van der Waals surface area contributed by atoms with Crippen LogP contribution in [-0.4, -0.2) is 53.6 Å². The van der Waals surface area contributed by atoms with Gasteiger partial charge >= 0.3 is 0 Å². The number of fused-ring (bicyclic) bond motifs is 1. The van der Waals surface area contributed by atoms with Crippen LogP contribution in [0.5, 0.6) is 0 Å². The monoisotopic (exact) mass is 383 g/mol. The van der Waals surface area contributed by atoms with Crippen molar-refractivity contribution in [2.24, 2.45) is 11.8 Å². The quantitative estimate of drug-likeness (QED) is 0.619. The average Bonchev–Trinajstić information content (AvgIpc) is 2.90. The highest BCUT2D eigenvalue weighted by molar-refractivity contribution is 6.07. The Bertz CT molecular complexity index is 815. The lowest BCUT2D eigenvalue weighted by atomic mass is 9.85. The SMILES string of the molecule is Cc1cccc(C)c1NC(=O)CN(C)C(=O)CN1C(=O)[C@H]2CC=CC[C@H]2C1=O. The lowest BCUT2D eigenvalue weighted by Crippen LogP contribution is -2.44. The number of carbonyl (C=O) groups is 4. The lowest BCUT2D eigenvalue weighted by molar-refractivity contribution is -0.146. The highest BCUT2D eigenvalue weighted by atomic mass is 16.2. The van der Waals surface area contributed by atoms with Crippen LogP contribution in [0, 0.1) is 25.7 Å². The van der Waals surface area contributed by atoms with Crippen LogP contribution in [0.2, 0.25) is 0 Å². The highest BCUT2D eigenvalue weighted by Crippen LogP contribution is 2.34. The number of anilines is 1. The van der Waals surface area contributed by atoms with Gasteiger partial charge in [-0.25, -0.2) is 0 Å². The van der Waals surface area contributed by atoms with Crippen molar-refractivity contribution in [2.75, 3.05) is 25.5 Å². The minimum absolute atomic E-state index is 0.156. The average molecular weight is 383 g/mol. The van der Waals surface area contributed by atoms with Crippen LogP contribution >= 0.6 is 0 Å². The number of hydrogen-bond donors (Lipinski definition) is 1. The summed E-state index contributed by atoms with van der Waals surface area (Å²) in [5.74, 6) is -2.07. The first kappa shape index (κ1) is 19.8. The maximum Gasteiger partial charge on any atom is 0.243 e. The molecule has 0 bridgehead atoms. The van der Waals surface area contributed by atoms with E-state index in [0.29, 0.717) is 12.8 Å². The fourth-order valence-corrected chi connectivity index (χ4v) is 3.77. The lowest BCUT2D eigenvalue weighted by Gasteiger charge is -2.21. The molecule has 1 aromatic rings. The summed E-state index contributed by atoms with van der Waals surface area (Å²) < 4.78 is 0. The van der Waals surface area contributed by atoms with Gasteiger partial charge in [0.2, 0.25) is 23.6 Å². The summed E-state index contributed by atoms with van der Waals surface area (Å²) in [6.07, 6.45) is 4.88. The maximum absolute atomic E-state index is 12.5. The number of nitrogens with zero attached hydrogens (tertiary/aromatic N) is 2. The van der Waals surface area contributed by atoms with Crippen LogP contribution in [0.3, 0.4) is 0 Å². The number of hydrogen-bond acceptors (Lipinski definition) is 4. The fourth-order valence-electron chi connectivity index (χ4n) is 3.77. The zero-order chi connectivity index (χ0) is 20.4. The van der Waals surface area contributed by atoms with Crippen LogP contribution in [-0.2, 0) is 19.2 Å². The number of amides is 4. The third kappa shape index (κ3) is 3.83. The Morgan fingerprint density at radius 3 is 2.14 bits per heavy atom. The van der Waals surface area contributed by atoms with Crippen LogP contribution in [0.15, 0.2) is 30.4 Å². The minimum atomic E-state index is -0.440. The van der Waals surface area contributed by atoms with Crippen molar-refractivity contribution in [3.63, 3.8) is 0 Å². The van der Waals surface area contributed by atoms with E-state index in [9.17, 15) is 19.2 Å². The Labute approximate surface area is 164 Å². The van der Waals surface area contributed by atoms with Gasteiger partial charge in [0.15, 0.2) is 0 Å². The minimum Gasteiger partial charge on any atom is -0.335 e. The van der Waals surface area contributed by atoms with E-state index in [1.165, 1.54) is 11.9 Å². The van der Waals surface area contributed by atoms with Gasteiger partial charge in [-0.1, -0.05) is 30.4 Å². The van der Waals surface area contributed by atoms with Gasteiger partial charge in [-0.15, -0.1) is 0 Å². The van der Waals surface area contributed by atoms with Gasteiger partial charge in [-0.2, -0.15) is 0 Å². The number of para-hydroxylation sites is 1. The topological polar surface area (TPSA) is 86.8 Å². The Kier molecular flexibility index (Phi) is 5.63. The molecule has 28 heavy (non-hydrogen) atoms. The summed E-state index contributed by atoms with van der Waals surface area (Å²) in [6, 6.07) is 5.71. The second-order valence-corrected chi connectivity index (χ2v) is 7.48. The Hall–Kier alpha value is -2.96. The van der Waals surface area contributed by atoms with Crippen molar-refractivity contribution in [3.8, 4) is 0 Å². The predicted octanol–water partition coefficient (Wildman–Crippen LogP) is 1.65. The van der Waals surface area contributed by atoms with Crippen LogP contribution in [0.4, 0.5) is 5.69 Å². The van der Waals surface area contributed by atoms with Crippen molar-refractivity contribution >= 4 is 29.3 Å². The molecule has 3 rings (SSSR count). The zero-order valence-corrected chi connectivity index (χ0v) is 16.4. The third-order valence-electron chi connectivity index (χ3n) is 5.44.